The van der Waals surface area contributed by atoms with E-state index in [-0.39, 0.29) is 12.0 Å². The molecule has 0 heterocycles. The van der Waals surface area contributed by atoms with Crippen LogP contribution in [0.1, 0.15) is 41.8 Å². The maximum atomic E-state index is 13.6. The third-order valence-corrected chi connectivity index (χ3v) is 19.3. The van der Waals surface area contributed by atoms with Gasteiger partial charge in [0.15, 0.2) is 0 Å². The molecule has 2 nitrogen and oxygen atoms in total. The fourth-order valence-electron chi connectivity index (χ4n) is 5.34. The molecule has 0 unspecified atom stereocenters. The molecule has 1 amide bonds. The van der Waals surface area contributed by atoms with Crippen molar-refractivity contribution in [1.82, 2.24) is 5.32 Å². The summed E-state index contributed by atoms with van der Waals surface area (Å²) in [6.45, 7) is 3.86. The van der Waals surface area contributed by atoms with Crippen LogP contribution in [-0.2, 0) is 12.4 Å². The summed E-state index contributed by atoms with van der Waals surface area (Å²) >= 11 is 2.55. The Morgan fingerprint density at radius 2 is 1.09 bits per heavy atom. The predicted octanol–water partition coefficient (Wildman–Crippen LogP) is 8.75. The molecule has 4 aromatic rings. The molecule has 0 bridgehead atoms. The summed E-state index contributed by atoms with van der Waals surface area (Å²) in [6.07, 6.45) is -9.12. The molecule has 0 aliphatic rings. The molecule has 10 heteroatoms. The summed E-state index contributed by atoms with van der Waals surface area (Å²) in [5, 5.41) is 5.99. The molecule has 0 saturated carbocycles. The van der Waals surface area contributed by atoms with E-state index in [0.717, 1.165) is 15.9 Å². The third kappa shape index (κ3) is 6.78. The summed E-state index contributed by atoms with van der Waals surface area (Å²) in [4.78, 5) is 13.6. The van der Waals surface area contributed by atoms with Crippen LogP contribution in [-0.4, -0.2) is 18.1 Å². The number of benzene rings is 4. The second-order valence-electron chi connectivity index (χ2n) is 10.6. The quantitative estimate of drug-likeness (QED) is 0.104. The van der Waals surface area contributed by atoms with Gasteiger partial charge in [-0.1, -0.05) is 0 Å². The Morgan fingerprint density at radius 3 is 1.42 bits per heavy atom. The first kappa shape index (κ1) is 33.0. The molecule has 2 atom stereocenters. The Balaban J connectivity index is 1.90. The van der Waals surface area contributed by atoms with Crippen molar-refractivity contribution >= 4 is 48.1 Å². The molecular weight excluding hydrogens is 698 g/mol. The van der Waals surface area contributed by atoms with E-state index in [1.165, 1.54) is 0 Å². The monoisotopic (exact) mass is 729 g/mol. The molecular formula is C33H31F6INOP. The van der Waals surface area contributed by atoms with E-state index in [0.29, 0.717) is 24.7 Å². The Labute approximate surface area is 260 Å². The van der Waals surface area contributed by atoms with Gasteiger partial charge in [0.2, 0.25) is 0 Å². The van der Waals surface area contributed by atoms with Gasteiger partial charge in [0, 0.05) is 0 Å². The molecule has 0 aliphatic carbocycles. The summed E-state index contributed by atoms with van der Waals surface area (Å²) < 4.78 is 78.1. The van der Waals surface area contributed by atoms with E-state index in [9.17, 15) is 31.1 Å². The molecule has 43 heavy (non-hydrogen) atoms. The first-order valence-corrected chi connectivity index (χ1v) is 18.9. The minimum absolute atomic E-state index is 0.0283. The van der Waals surface area contributed by atoms with Crippen molar-refractivity contribution in [2.45, 2.75) is 38.7 Å². The van der Waals surface area contributed by atoms with Crippen molar-refractivity contribution < 1.29 is 31.1 Å². The van der Waals surface area contributed by atoms with Gasteiger partial charge in [0.1, 0.15) is 0 Å². The Bertz CT molecular complexity index is 1410. The number of rotatable bonds is 9. The number of nitrogens with one attached hydrogen (secondary N) is 1. The summed E-state index contributed by atoms with van der Waals surface area (Å²) in [6, 6.07) is 30.1. The van der Waals surface area contributed by atoms with Crippen molar-refractivity contribution in [3.63, 3.8) is 0 Å². The van der Waals surface area contributed by atoms with Crippen molar-refractivity contribution in [2.24, 2.45) is 5.92 Å². The van der Waals surface area contributed by atoms with Crippen LogP contribution in [0.3, 0.4) is 0 Å². The number of hydrogen-bond acceptors (Lipinski definition) is 1. The van der Waals surface area contributed by atoms with Crippen LogP contribution < -0.4 is 21.2 Å². The van der Waals surface area contributed by atoms with E-state index in [1.807, 2.05) is 105 Å². The maximum absolute atomic E-state index is 13.6. The molecule has 4 rings (SSSR count). The van der Waals surface area contributed by atoms with Crippen LogP contribution in [0, 0.1) is 5.92 Å². The molecule has 0 spiro atoms. The van der Waals surface area contributed by atoms with Gasteiger partial charge in [-0.15, -0.1) is 0 Å². The number of carbonyl (C=O) groups is 1. The molecule has 0 saturated heterocycles. The van der Waals surface area contributed by atoms with Crippen molar-refractivity contribution in [3.8, 4) is 0 Å². The van der Waals surface area contributed by atoms with Crippen LogP contribution in [0.2, 0.25) is 0 Å². The average molecular weight is 729 g/mol. The van der Waals surface area contributed by atoms with E-state index in [2.05, 4.69) is 27.4 Å². The number of hydrogen-bond donors (Lipinski definition) is 1. The zero-order chi connectivity index (χ0) is 31.5. The molecule has 228 valence electrons. The topological polar surface area (TPSA) is 29.1 Å². The van der Waals surface area contributed by atoms with E-state index in [4.69, 9.17) is 0 Å². The van der Waals surface area contributed by atoms with Crippen molar-refractivity contribution in [1.29, 1.82) is 0 Å². The SMILES string of the molecule is CC[C@H](C)[C@@H](CP(I)(c1ccccc1)(c1ccccc1)c1ccccc1)NC(=O)c1cc(C(F)(F)F)cc(C(F)(F)F)c1. The van der Waals surface area contributed by atoms with Gasteiger partial charge in [0.25, 0.3) is 0 Å². The normalized spacial score (nSPS) is 14.8. The van der Waals surface area contributed by atoms with Gasteiger partial charge in [0.05, 0.1) is 0 Å². The number of alkyl halides is 6. The minimum atomic E-state index is -5.06. The van der Waals surface area contributed by atoms with Gasteiger partial charge < -0.3 is 0 Å². The summed E-state index contributed by atoms with van der Waals surface area (Å²) in [7, 11) is 0. The third-order valence-electron chi connectivity index (χ3n) is 7.92. The van der Waals surface area contributed by atoms with Gasteiger partial charge in [-0.3, -0.25) is 0 Å². The first-order valence-electron chi connectivity index (χ1n) is 13.7. The average Bonchev–Trinajstić information content (AvgIpc) is 3.00. The van der Waals surface area contributed by atoms with Crippen LogP contribution in [0.25, 0.3) is 0 Å². The van der Waals surface area contributed by atoms with Crippen molar-refractivity contribution in [2.75, 3.05) is 6.16 Å². The molecule has 4 aromatic carbocycles. The second kappa shape index (κ2) is 12.6. The van der Waals surface area contributed by atoms with Gasteiger partial charge in [-0.05, 0) is 0 Å². The van der Waals surface area contributed by atoms with Crippen LogP contribution >= 0.6 is 26.3 Å². The summed E-state index contributed by atoms with van der Waals surface area (Å²) in [5.41, 5.74) is -3.75. The van der Waals surface area contributed by atoms with E-state index < -0.39 is 45.2 Å². The van der Waals surface area contributed by atoms with Gasteiger partial charge in [-0.25, -0.2) is 0 Å². The zero-order valence-electron chi connectivity index (χ0n) is 23.5. The molecule has 0 aliphatic heterocycles. The number of amides is 1. The second-order valence-corrected chi connectivity index (χ2v) is 21.3. The molecule has 0 radical (unpaired) electrons. The Kier molecular flexibility index (Phi) is 9.67. The Hall–Kier alpha value is -2.91. The molecule has 0 fully saturated rings. The van der Waals surface area contributed by atoms with Gasteiger partial charge in [-0.2, -0.15) is 0 Å². The standard InChI is InChI=1S/C33H31F6INOP/c1-3-23(2)30(41-31(42)24-19-25(32(34,35)36)21-26(20-24)33(37,38)39)22-43(40,27-13-7-4-8-14-27,28-15-9-5-10-16-28)29-17-11-6-12-18-29/h4-21,23,30H,3,22H2,1-2H3,(H,41,42)/t23-,30+/m0/s1. The van der Waals surface area contributed by atoms with Crippen LogP contribution in [0.15, 0.2) is 109 Å². The summed E-state index contributed by atoms with van der Waals surface area (Å²) in [5.74, 6) is -1.15. The van der Waals surface area contributed by atoms with Crippen molar-refractivity contribution in [3.05, 3.63) is 126 Å². The molecule has 1 N–H and O–H groups in total. The van der Waals surface area contributed by atoms with Crippen LogP contribution in [0.5, 0.6) is 0 Å². The predicted molar refractivity (Wildman–Crippen MR) is 171 cm³/mol. The fraction of sp³-hybridized carbons (Fsp3) is 0.242. The van der Waals surface area contributed by atoms with Gasteiger partial charge >= 0.3 is 261 Å². The molecule has 0 aromatic heterocycles. The number of halogens is 7. The fourth-order valence-corrected chi connectivity index (χ4v) is 14.6. The Morgan fingerprint density at radius 1 is 0.721 bits per heavy atom. The van der Waals surface area contributed by atoms with E-state index in [1.54, 1.807) is 0 Å². The van der Waals surface area contributed by atoms with Crippen LogP contribution in [0.4, 0.5) is 26.3 Å². The number of carbonyl (C=O) groups excluding carboxylic acids is 1. The van der Waals surface area contributed by atoms with E-state index >= 15 is 0 Å². The first-order chi connectivity index (χ1) is 20.2. The zero-order valence-corrected chi connectivity index (χ0v) is 26.5.